The van der Waals surface area contributed by atoms with Crippen molar-refractivity contribution in [2.24, 2.45) is 0 Å². The molecule has 2 aromatic carbocycles. The largest absolute Gasteiger partial charge is 0.484 e. The van der Waals surface area contributed by atoms with Gasteiger partial charge in [0.05, 0.1) is 13.2 Å². The van der Waals surface area contributed by atoms with Crippen molar-refractivity contribution in [3.05, 3.63) is 42.5 Å². The fourth-order valence-corrected chi connectivity index (χ4v) is 5.87. The number of hydrogen-bond acceptors (Lipinski definition) is 6. The summed E-state index contributed by atoms with van der Waals surface area (Å²) in [5.74, 6) is 2.78. The number of fused-ring (bicyclic) bond motifs is 3. The lowest BCUT2D eigenvalue weighted by Crippen LogP contribution is -2.59. The average molecular weight is 427 g/mol. The molecule has 2 saturated heterocycles. The molecule has 0 aliphatic carbocycles. The van der Waals surface area contributed by atoms with Crippen LogP contribution >= 0.6 is 11.8 Å². The molecular formula is C23H26N2O4S. The molecule has 0 saturated carbocycles. The van der Waals surface area contributed by atoms with Crippen LogP contribution in [0.4, 0.5) is 0 Å². The van der Waals surface area contributed by atoms with Gasteiger partial charge in [0, 0.05) is 41.7 Å². The van der Waals surface area contributed by atoms with Gasteiger partial charge in [0.15, 0.2) is 6.61 Å². The first kappa shape index (κ1) is 19.7. The van der Waals surface area contributed by atoms with Gasteiger partial charge in [0.1, 0.15) is 16.9 Å². The number of para-hydroxylation sites is 1. The van der Waals surface area contributed by atoms with Gasteiger partial charge in [0.2, 0.25) is 0 Å². The summed E-state index contributed by atoms with van der Waals surface area (Å²) in [6.45, 7) is 4.09. The highest BCUT2D eigenvalue weighted by Gasteiger charge is 2.40. The number of amides is 1. The van der Waals surface area contributed by atoms with Crippen molar-refractivity contribution in [3.8, 4) is 5.75 Å². The minimum atomic E-state index is -0.0864. The molecule has 0 radical (unpaired) electrons. The van der Waals surface area contributed by atoms with E-state index < -0.39 is 0 Å². The lowest BCUT2D eigenvalue weighted by Gasteiger charge is -2.43. The summed E-state index contributed by atoms with van der Waals surface area (Å²) in [5, 5.41) is 5.16. The first-order valence-corrected chi connectivity index (χ1v) is 11.6. The lowest BCUT2D eigenvalue weighted by atomic mass is 9.95. The second kappa shape index (κ2) is 8.49. The van der Waals surface area contributed by atoms with Crippen LogP contribution < -0.4 is 10.1 Å². The molecule has 3 aromatic rings. The van der Waals surface area contributed by atoms with Gasteiger partial charge in [-0.15, -0.1) is 0 Å². The molecule has 2 fully saturated rings. The molecule has 0 unspecified atom stereocenters. The van der Waals surface area contributed by atoms with E-state index in [2.05, 4.69) is 10.2 Å². The van der Waals surface area contributed by atoms with Crippen LogP contribution in [0.1, 0.15) is 6.42 Å². The van der Waals surface area contributed by atoms with Crippen molar-refractivity contribution in [1.82, 2.24) is 10.2 Å². The van der Waals surface area contributed by atoms with Gasteiger partial charge in [-0.3, -0.25) is 9.69 Å². The number of benzene rings is 2. The van der Waals surface area contributed by atoms with Crippen LogP contribution in [0.25, 0.3) is 21.9 Å². The highest BCUT2D eigenvalue weighted by Crippen LogP contribution is 2.34. The fraction of sp³-hybridized carbons (Fsp3) is 0.435. The Balaban J connectivity index is 1.21. The van der Waals surface area contributed by atoms with Gasteiger partial charge in [-0.25, -0.2) is 0 Å². The number of furan rings is 1. The molecule has 6 nitrogen and oxygen atoms in total. The molecule has 3 heterocycles. The monoisotopic (exact) mass is 426 g/mol. The molecule has 30 heavy (non-hydrogen) atoms. The van der Waals surface area contributed by atoms with E-state index in [1.165, 1.54) is 0 Å². The summed E-state index contributed by atoms with van der Waals surface area (Å²) in [6, 6.07) is 13.6. The number of morpholine rings is 1. The first-order chi connectivity index (χ1) is 14.7. The summed E-state index contributed by atoms with van der Waals surface area (Å²) in [5.41, 5.74) is 1.71. The topological polar surface area (TPSA) is 63.9 Å². The molecule has 1 N–H and O–H groups in total. The summed E-state index contributed by atoms with van der Waals surface area (Å²) in [7, 11) is 0. The maximum absolute atomic E-state index is 12.5. The van der Waals surface area contributed by atoms with Crippen LogP contribution in [0.5, 0.6) is 5.75 Å². The molecule has 1 aromatic heterocycles. The van der Waals surface area contributed by atoms with E-state index in [1.54, 1.807) is 0 Å². The molecular weight excluding hydrogens is 400 g/mol. The van der Waals surface area contributed by atoms with Crippen molar-refractivity contribution in [3.63, 3.8) is 0 Å². The van der Waals surface area contributed by atoms with Gasteiger partial charge in [-0.2, -0.15) is 11.8 Å². The number of thioether (sulfide) groups is 1. The SMILES string of the molecule is O=C(COc1ccc2oc3ccccc3c2c1)NC[C@]1(N2CCOCC2)CCSC1. The van der Waals surface area contributed by atoms with Crippen LogP contribution in [0.15, 0.2) is 46.9 Å². The van der Waals surface area contributed by atoms with Gasteiger partial charge in [-0.05, 0) is 36.4 Å². The number of hydrogen-bond donors (Lipinski definition) is 1. The number of carbonyl (C=O) groups is 1. The zero-order valence-electron chi connectivity index (χ0n) is 16.9. The zero-order valence-corrected chi connectivity index (χ0v) is 17.7. The Morgan fingerprint density at radius 3 is 2.80 bits per heavy atom. The normalized spacial score (nSPS) is 22.5. The van der Waals surface area contributed by atoms with Gasteiger partial charge in [0.25, 0.3) is 5.91 Å². The number of nitrogens with one attached hydrogen (secondary N) is 1. The van der Waals surface area contributed by atoms with E-state index >= 15 is 0 Å². The first-order valence-electron chi connectivity index (χ1n) is 10.4. The molecule has 2 aliphatic heterocycles. The Morgan fingerprint density at radius 2 is 1.97 bits per heavy atom. The van der Waals surface area contributed by atoms with Gasteiger partial charge < -0.3 is 19.2 Å². The maximum Gasteiger partial charge on any atom is 0.258 e. The molecule has 7 heteroatoms. The number of rotatable bonds is 6. The average Bonchev–Trinajstić information content (AvgIpc) is 3.42. The van der Waals surface area contributed by atoms with Crippen LogP contribution in [0, 0.1) is 0 Å². The Labute approximate surface area is 179 Å². The minimum absolute atomic E-state index is 0.00756. The second-order valence-electron chi connectivity index (χ2n) is 7.95. The van der Waals surface area contributed by atoms with E-state index in [-0.39, 0.29) is 18.1 Å². The van der Waals surface area contributed by atoms with E-state index in [9.17, 15) is 4.79 Å². The van der Waals surface area contributed by atoms with Crippen molar-refractivity contribution in [2.45, 2.75) is 12.0 Å². The van der Waals surface area contributed by atoms with Crippen molar-refractivity contribution in [1.29, 1.82) is 0 Å². The third kappa shape index (κ3) is 3.89. The number of nitrogens with zero attached hydrogens (tertiary/aromatic N) is 1. The predicted molar refractivity (Wildman–Crippen MR) is 119 cm³/mol. The maximum atomic E-state index is 12.5. The summed E-state index contributed by atoms with van der Waals surface area (Å²) >= 11 is 1.97. The Kier molecular flexibility index (Phi) is 5.58. The van der Waals surface area contributed by atoms with Crippen LogP contribution in [-0.2, 0) is 9.53 Å². The Bertz CT molecular complexity index is 1040. The van der Waals surface area contributed by atoms with E-state index in [0.29, 0.717) is 12.3 Å². The molecule has 5 rings (SSSR count). The highest BCUT2D eigenvalue weighted by atomic mass is 32.2. The van der Waals surface area contributed by atoms with Crippen LogP contribution in [-0.4, -0.2) is 67.3 Å². The Hall–Kier alpha value is -2.22. The van der Waals surface area contributed by atoms with E-state index in [4.69, 9.17) is 13.9 Å². The third-order valence-electron chi connectivity index (χ3n) is 6.10. The molecule has 1 amide bonds. The molecule has 0 spiro atoms. The predicted octanol–water partition coefficient (Wildman–Crippen LogP) is 3.29. The highest BCUT2D eigenvalue weighted by molar-refractivity contribution is 7.99. The molecule has 1 atom stereocenters. The summed E-state index contributed by atoms with van der Waals surface area (Å²) in [4.78, 5) is 15.0. The van der Waals surface area contributed by atoms with Gasteiger partial charge >= 0.3 is 0 Å². The zero-order chi connectivity index (χ0) is 20.4. The number of ether oxygens (including phenoxy) is 2. The Morgan fingerprint density at radius 1 is 1.13 bits per heavy atom. The fourth-order valence-electron chi connectivity index (χ4n) is 4.39. The molecule has 158 valence electrons. The smallest absolute Gasteiger partial charge is 0.258 e. The second-order valence-corrected chi connectivity index (χ2v) is 9.05. The van der Waals surface area contributed by atoms with E-state index in [1.807, 2.05) is 54.2 Å². The molecule has 0 bridgehead atoms. The lowest BCUT2D eigenvalue weighted by molar-refractivity contribution is -0.123. The minimum Gasteiger partial charge on any atom is -0.484 e. The van der Waals surface area contributed by atoms with Crippen LogP contribution in [0.2, 0.25) is 0 Å². The van der Waals surface area contributed by atoms with Crippen LogP contribution in [0.3, 0.4) is 0 Å². The van der Waals surface area contributed by atoms with Crippen molar-refractivity contribution < 1.29 is 18.7 Å². The summed E-state index contributed by atoms with van der Waals surface area (Å²) in [6.07, 6.45) is 1.10. The van der Waals surface area contributed by atoms with Crippen molar-refractivity contribution in [2.75, 3.05) is 51.0 Å². The van der Waals surface area contributed by atoms with Gasteiger partial charge in [-0.1, -0.05) is 18.2 Å². The quantitative estimate of drug-likeness (QED) is 0.653. The third-order valence-corrected chi connectivity index (χ3v) is 7.33. The van der Waals surface area contributed by atoms with Crippen molar-refractivity contribution >= 4 is 39.6 Å². The standard InChI is InChI=1S/C23H26N2O4S/c26-22(24-15-23(7-12-30-16-23)25-8-10-27-11-9-25)14-28-17-5-6-21-19(13-17)18-3-1-2-4-20(18)29-21/h1-6,13H,7-12,14-16H2,(H,24,26)/t23-/m1/s1. The van der Waals surface area contributed by atoms with E-state index in [0.717, 1.165) is 66.2 Å². The summed E-state index contributed by atoms with van der Waals surface area (Å²) < 4.78 is 17.1. The molecule has 2 aliphatic rings. The number of carbonyl (C=O) groups excluding carboxylic acids is 1.